The molecule has 1 aliphatic rings. The summed E-state index contributed by atoms with van der Waals surface area (Å²) in [5, 5.41) is 8.82. The van der Waals surface area contributed by atoms with E-state index in [0.717, 1.165) is 52.0 Å². The van der Waals surface area contributed by atoms with E-state index in [1.165, 1.54) is 0 Å². The number of nitrogens with two attached hydrogens (primary N) is 1. The summed E-state index contributed by atoms with van der Waals surface area (Å²) in [5.74, 6) is 0. The molecule has 0 amide bonds. The number of hydrogen-bond acceptors (Lipinski definition) is 4. The van der Waals surface area contributed by atoms with Gasteiger partial charge in [-0.3, -0.25) is 4.90 Å². The molecule has 0 aromatic heterocycles. The monoisotopic (exact) mass is 239 g/mol. The molecule has 4 nitrogen and oxygen atoms in total. The Morgan fingerprint density at radius 2 is 2.29 bits per heavy atom. The van der Waals surface area contributed by atoms with Gasteiger partial charge in [0.1, 0.15) is 5.54 Å². The second kappa shape index (κ2) is 6.95. The summed E-state index contributed by atoms with van der Waals surface area (Å²) in [6, 6.07) is 2.72. The van der Waals surface area contributed by atoms with Gasteiger partial charge in [-0.1, -0.05) is 6.92 Å². The Bertz CT molecular complexity index is 260. The van der Waals surface area contributed by atoms with Crippen LogP contribution in [0.2, 0.25) is 0 Å². The van der Waals surface area contributed by atoms with Crippen LogP contribution in [0.5, 0.6) is 0 Å². The molecule has 1 fully saturated rings. The van der Waals surface area contributed by atoms with Gasteiger partial charge in [0.05, 0.1) is 19.3 Å². The lowest BCUT2D eigenvalue weighted by atomic mass is 9.98. The van der Waals surface area contributed by atoms with Crippen LogP contribution in [0.3, 0.4) is 0 Å². The van der Waals surface area contributed by atoms with Gasteiger partial charge in [0, 0.05) is 12.6 Å². The average Bonchev–Trinajstić information content (AvgIpc) is 2.35. The first kappa shape index (κ1) is 14.4. The molecule has 0 radical (unpaired) electrons. The van der Waals surface area contributed by atoms with Crippen molar-refractivity contribution in [2.75, 3.05) is 26.3 Å². The number of rotatable bonds is 6. The van der Waals surface area contributed by atoms with Gasteiger partial charge in [0.15, 0.2) is 0 Å². The highest BCUT2D eigenvalue weighted by molar-refractivity contribution is 5.00. The Hall–Kier alpha value is -0.630. The molecule has 17 heavy (non-hydrogen) atoms. The van der Waals surface area contributed by atoms with Crippen LogP contribution in [-0.2, 0) is 4.74 Å². The highest BCUT2D eigenvalue weighted by Gasteiger charge is 2.21. The number of ether oxygens (including phenoxy) is 1. The van der Waals surface area contributed by atoms with Crippen molar-refractivity contribution in [3.8, 4) is 6.07 Å². The molecule has 1 saturated heterocycles. The Kier molecular flexibility index (Phi) is 5.90. The predicted molar refractivity (Wildman–Crippen MR) is 68.5 cm³/mol. The molecule has 0 aromatic carbocycles. The molecule has 0 saturated carbocycles. The molecular weight excluding hydrogens is 214 g/mol. The first-order valence-corrected chi connectivity index (χ1v) is 6.61. The Labute approximate surface area is 105 Å². The number of nitrogens with zero attached hydrogens (tertiary/aromatic N) is 2. The van der Waals surface area contributed by atoms with Crippen LogP contribution in [0.4, 0.5) is 0 Å². The van der Waals surface area contributed by atoms with E-state index in [1.54, 1.807) is 6.92 Å². The van der Waals surface area contributed by atoms with E-state index >= 15 is 0 Å². The first-order chi connectivity index (χ1) is 8.09. The SMILES string of the molecule is CCC1COCCN1CCCCC(C)(N)C#N. The lowest BCUT2D eigenvalue weighted by Gasteiger charge is -2.35. The largest absolute Gasteiger partial charge is 0.378 e. The third-order valence-corrected chi connectivity index (χ3v) is 3.47. The Morgan fingerprint density at radius 3 is 2.94 bits per heavy atom. The molecule has 1 heterocycles. The second-order valence-corrected chi connectivity index (χ2v) is 5.16. The molecule has 0 bridgehead atoms. The molecule has 1 aliphatic heterocycles. The normalized spacial score (nSPS) is 25.2. The van der Waals surface area contributed by atoms with Crippen LogP contribution < -0.4 is 5.73 Å². The van der Waals surface area contributed by atoms with E-state index in [9.17, 15) is 0 Å². The third kappa shape index (κ3) is 5.03. The molecule has 2 N–H and O–H groups in total. The molecular formula is C13H25N3O. The predicted octanol–water partition coefficient (Wildman–Crippen LogP) is 1.51. The topological polar surface area (TPSA) is 62.3 Å². The van der Waals surface area contributed by atoms with Gasteiger partial charge in [0.25, 0.3) is 0 Å². The maximum atomic E-state index is 8.82. The highest BCUT2D eigenvalue weighted by atomic mass is 16.5. The fourth-order valence-electron chi connectivity index (χ4n) is 2.22. The maximum Gasteiger partial charge on any atom is 0.101 e. The molecule has 1 rings (SSSR count). The summed E-state index contributed by atoms with van der Waals surface area (Å²) in [5.41, 5.74) is 5.14. The molecule has 98 valence electrons. The molecule has 4 heteroatoms. The van der Waals surface area contributed by atoms with Crippen LogP contribution >= 0.6 is 0 Å². The number of nitriles is 1. The van der Waals surface area contributed by atoms with Crippen molar-refractivity contribution in [1.29, 1.82) is 5.26 Å². The Balaban J connectivity index is 2.19. The van der Waals surface area contributed by atoms with E-state index in [2.05, 4.69) is 17.9 Å². The van der Waals surface area contributed by atoms with E-state index < -0.39 is 5.54 Å². The minimum atomic E-state index is -0.658. The van der Waals surface area contributed by atoms with Gasteiger partial charge in [-0.25, -0.2) is 0 Å². The van der Waals surface area contributed by atoms with E-state index in [4.69, 9.17) is 15.7 Å². The summed E-state index contributed by atoms with van der Waals surface area (Å²) in [7, 11) is 0. The van der Waals surface area contributed by atoms with Crippen molar-refractivity contribution in [3.05, 3.63) is 0 Å². The van der Waals surface area contributed by atoms with Crippen LogP contribution in [0.1, 0.15) is 39.5 Å². The van der Waals surface area contributed by atoms with Gasteiger partial charge < -0.3 is 10.5 Å². The van der Waals surface area contributed by atoms with Crippen molar-refractivity contribution in [3.63, 3.8) is 0 Å². The fourth-order valence-corrected chi connectivity index (χ4v) is 2.22. The summed E-state index contributed by atoms with van der Waals surface area (Å²) >= 11 is 0. The van der Waals surface area contributed by atoms with Crippen LogP contribution in [0, 0.1) is 11.3 Å². The zero-order chi connectivity index (χ0) is 12.7. The van der Waals surface area contributed by atoms with Crippen LogP contribution in [0.25, 0.3) is 0 Å². The summed E-state index contributed by atoms with van der Waals surface area (Å²) in [4.78, 5) is 2.50. The zero-order valence-electron chi connectivity index (χ0n) is 11.1. The van der Waals surface area contributed by atoms with Crippen molar-refractivity contribution < 1.29 is 4.74 Å². The van der Waals surface area contributed by atoms with E-state index in [1.807, 2.05) is 0 Å². The van der Waals surface area contributed by atoms with Crippen molar-refractivity contribution >= 4 is 0 Å². The van der Waals surface area contributed by atoms with Crippen molar-refractivity contribution in [1.82, 2.24) is 4.90 Å². The highest BCUT2D eigenvalue weighted by Crippen LogP contribution is 2.14. The molecule has 2 atom stereocenters. The first-order valence-electron chi connectivity index (χ1n) is 6.61. The zero-order valence-corrected chi connectivity index (χ0v) is 11.1. The number of unbranched alkanes of at least 4 members (excludes halogenated alkanes) is 1. The smallest absolute Gasteiger partial charge is 0.101 e. The van der Waals surface area contributed by atoms with Gasteiger partial charge >= 0.3 is 0 Å². The van der Waals surface area contributed by atoms with Gasteiger partial charge in [-0.15, -0.1) is 0 Å². The molecule has 0 spiro atoms. The van der Waals surface area contributed by atoms with E-state index in [0.29, 0.717) is 6.04 Å². The lowest BCUT2D eigenvalue weighted by molar-refractivity contribution is -0.00925. The minimum absolute atomic E-state index is 0.573. The van der Waals surface area contributed by atoms with Crippen LogP contribution in [-0.4, -0.2) is 42.8 Å². The third-order valence-electron chi connectivity index (χ3n) is 3.47. The summed E-state index contributed by atoms with van der Waals surface area (Å²) < 4.78 is 5.48. The van der Waals surface area contributed by atoms with Crippen molar-refractivity contribution in [2.24, 2.45) is 5.73 Å². The second-order valence-electron chi connectivity index (χ2n) is 5.16. The van der Waals surface area contributed by atoms with Crippen molar-refractivity contribution in [2.45, 2.75) is 51.1 Å². The summed E-state index contributed by atoms with van der Waals surface area (Å²) in [6.45, 7) is 7.86. The molecule has 2 unspecified atom stereocenters. The van der Waals surface area contributed by atoms with Gasteiger partial charge in [-0.2, -0.15) is 5.26 Å². The van der Waals surface area contributed by atoms with Gasteiger partial charge in [-0.05, 0) is 39.2 Å². The summed E-state index contributed by atoms with van der Waals surface area (Å²) in [6.07, 6.45) is 4.07. The Morgan fingerprint density at radius 1 is 1.53 bits per heavy atom. The maximum absolute atomic E-state index is 8.82. The number of hydrogen-bond donors (Lipinski definition) is 1. The van der Waals surface area contributed by atoms with E-state index in [-0.39, 0.29) is 0 Å². The quantitative estimate of drug-likeness (QED) is 0.714. The lowest BCUT2D eigenvalue weighted by Crippen LogP contribution is -2.45. The molecule has 0 aromatic rings. The minimum Gasteiger partial charge on any atom is -0.378 e. The number of morpholine rings is 1. The van der Waals surface area contributed by atoms with Crippen LogP contribution in [0.15, 0.2) is 0 Å². The van der Waals surface area contributed by atoms with Gasteiger partial charge in [0.2, 0.25) is 0 Å². The standard InChI is InChI=1S/C13H25N3O/c1-3-12-10-17-9-8-16(12)7-5-4-6-13(2,15)11-14/h12H,3-10,15H2,1-2H3. The fraction of sp³-hybridized carbons (Fsp3) is 0.923. The average molecular weight is 239 g/mol. The molecule has 0 aliphatic carbocycles.